The monoisotopic (exact) mass is 385 g/mol. The summed E-state index contributed by atoms with van der Waals surface area (Å²) in [6, 6.07) is 1.50. The zero-order chi connectivity index (χ0) is 19.4. The molecule has 142 valence electrons. The molecule has 1 heterocycles. The van der Waals surface area contributed by atoms with Gasteiger partial charge in [0.25, 0.3) is 11.6 Å². The van der Waals surface area contributed by atoms with E-state index in [1.54, 1.807) is 25.9 Å². The molecule has 26 heavy (non-hydrogen) atoms. The van der Waals surface area contributed by atoms with E-state index in [0.717, 1.165) is 12.1 Å². The van der Waals surface area contributed by atoms with Crippen LogP contribution in [-0.2, 0) is 9.53 Å². The Morgan fingerprint density at radius 2 is 2.15 bits per heavy atom. The lowest BCUT2D eigenvalue weighted by molar-refractivity contribution is -0.384. The van der Waals surface area contributed by atoms with Gasteiger partial charge in [0, 0.05) is 44.3 Å². The van der Waals surface area contributed by atoms with E-state index in [1.807, 2.05) is 0 Å². The van der Waals surface area contributed by atoms with Crippen molar-refractivity contribution in [3.63, 3.8) is 0 Å². The number of methoxy groups -OCH3 is 1. The Kier molecular flexibility index (Phi) is 6.41. The highest BCUT2D eigenvalue weighted by Crippen LogP contribution is 2.31. The summed E-state index contributed by atoms with van der Waals surface area (Å²) in [7, 11) is 4.36. The van der Waals surface area contributed by atoms with Gasteiger partial charge in [-0.2, -0.15) is 11.8 Å². The lowest BCUT2D eigenvalue weighted by Gasteiger charge is -2.35. The third-order valence-electron chi connectivity index (χ3n) is 4.09. The number of amides is 1. The highest BCUT2D eigenvalue weighted by Gasteiger charge is 2.33. The number of esters is 1. The van der Waals surface area contributed by atoms with E-state index >= 15 is 0 Å². The molecule has 0 aromatic heterocycles. The summed E-state index contributed by atoms with van der Waals surface area (Å²) in [5, 5.41) is 11.3. The van der Waals surface area contributed by atoms with Gasteiger partial charge >= 0.3 is 5.97 Å². The maximum Gasteiger partial charge on any atom is 0.307 e. The number of hydrogen-bond acceptors (Lipinski definition) is 7. The quantitative estimate of drug-likeness (QED) is 0.434. The van der Waals surface area contributed by atoms with Gasteiger partial charge in [0.05, 0.1) is 30.1 Å². The molecule has 0 bridgehead atoms. The van der Waals surface area contributed by atoms with Crippen LogP contribution in [0.15, 0.2) is 12.1 Å². The first kappa shape index (κ1) is 20.0. The van der Waals surface area contributed by atoms with Gasteiger partial charge in [0.2, 0.25) is 0 Å². The van der Waals surface area contributed by atoms with Crippen molar-refractivity contribution in [2.45, 2.75) is 12.5 Å². The zero-order valence-electron chi connectivity index (χ0n) is 14.7. The number of rotatable bonds is 5. The number of nitro benzene ring substituents is 1. The first-order valence-corrected chi connectivity index (χ1v) is 9.02. The van der Waals surface area contributed by atoms with E-state index in [9.17, 15) is 24.1 Å². The Labute approximate surface area is 154 Å². The maximum atomic E-state index is 14.5. The molecular formula is C16H20FN3O5S. The van der Waals surface area contributed by atoms with Crippen LogP contribution >= 0.6 is 11.8 Å². The molecule has 0 aliphatic carbocycles. The number of benzene rings is 1. The van der Waals surface area contributed by atoms with Crippen molar-refractivity contribution in [1.82, 2.24) is 4.90 Å². The van der Waals surface area contributed by atoms with Crippen molar-refractivity contribution in [2.75, 3.05) is 44.2 Å². The number of ether oxygens (including phenoxy) is 1. The molecule has 1 aromatic rings. The molecule has 2 rings (SSSR count). The normalized spacial score (nSPS) is 16.9. The Morgan fingerprint density at radius 1 is 1.46 bits per heavy atom. The summed E-state index contributed by atoms with van der Waals surface area (Å²) in [5.74, 6) is -0.808. The van der Waals surface area contributed by atoms with Gasteiger partial charge < -0.3 is 14.5 Å². The Morgan fingerprint density at radius 3 is 2.73 bits per heavy atom. The SMILES string of the molecule is COC(=O)CC1CSCCN1C(=O)c1cc([N+](=O)[O-])c(N(C)C)cc1F. The summed E-state index contributed by atoms with van der Waals surface area (Å²) in [6.07, 6.45) is -0.00522. The molecule has 8 nitrogen and oxygen atoms in total. The number of carbonyl (C=O) groups excluding carboxylic acids is 2. The Balaban J connectivity index is 2.39. The van der Waals surface area contributed by atoms with Crippen molar-refractivity contribution in [2.24, 2.45) is 0 Å². The minimum atomic E-state index is -0.834. The van der Waals surface area contributed by atoms with E-state index in [-0.39, 0.29) is 23.4 Å². The Hall–Kier alpha value is -2.36. The van der Waals surface area contributed by atoms with Crippen molar-refractivity contribution >= 4 is 35.0 Å². The van der Waals surface area contributed by atoms with E-state index in [0.29, 0.717) is 18.1 Å². The van der Waals surface area contributed by atoms with Crippen molar-refractivity contribution in [3.05, 3.63) is 33.6 Å². The first-order valence-electron chi connectivity index (χ1n) is 7.87. The molecule has 1 amide bonds. The molecule has 1 saturated heterocycles. The van der Waals surface area contributed by atoms with Gasteiger partial charge in [-0.05, 0) is 0 Å². The van der Waals surface area contributed by atoms with Gasteiger partial charge in [0.15, 0.2) is 0 Å². The average Bonchev–Trinajstić information content (AvgIpc) is 2.60. The molecule has 1 aliphatic heterocycles. The third kappa shape index (κ3) is 4.24. The fourth-order valence-electron chi connectivity index (χ4n) is 2.74. The lowest BCUT2D eigenvalue weighted by atomic mass is 10.1. The standard InChI is InChI=1S/C16H20FN3O5S/c1-18(2)13-8-12(17)11(7-14(13)20(23)24)16(22)19-4-5-26-9-10(19)6-15(21)25-3/h7-8,10H,4-6,9H2,1-3H3. The molecule has 1 aliphatic rings. The maximum absolute atomic E-state index is 14.5. The predicted octanol–water partition coefficient (Wildman–Crippen LogP) is 1.92. The second kappa shape index (κ2) is 8.35. The van der Waals surface area contributed by atoms with E-state index in [4.69, 9.17) is 0 Å². The van der Waals surface area contributed by atoms with Gasteiger partial charge in [0.1, 0.15) is 11.5 Å². The minimum absolute atomic E-state index is 0.00522. The topological polar surface area (TPSA) is 93.0 Å². The fraction of sp³-hybridized carbons (Fsp3) is 0.500. The number of thioether (sulfide) groups is 1. The van der Waals surface area contributed by atoms with Crippen LogP contribution < -0.4 is 4.90 Å². The number of hydrogen-bond donors (Lipinski definition) is 0. The highest BCUT2D eigenvalue weighted by atomic mass is 32.2. The largest absolute Gasteiger partial charge is 0.469 e. The molecule has 1 fully saturated rings. The molecule has 0 N–H and O–H groups in total. The third-order valence-corrected chi connectivity index (χ3v) is 5.18. The molecular weight excluding hydrogens is 365 g/mol. The van der Waals surface area contributed by atoms with Crippen LogP contribution in [-0.4, -0.2) is 67.0 Å². The molecule has 0 spiro atoms. The number of nitrogens with zero attached hydrogens (tertiary/aromatic N) is 3. The first-order chi connectivity index (χ1) is 12.3. The van der Waals surface area contributed by atoms with Gasteiger partial charge in [-0.15, -0.1) is 0 Å². The van der Waals surface area contributed by atoms with Crippen LogP contribution in [0.5, 0.6) is 0 Å². The van der Waals surface area contributed by atoms with Crippen molar-refractivity contribution in [1.29, 1.82) is 0 Å². The minimum Gasteiger partial charge on any atom is -0.469 e. The molecule has 0 saturated carbocycles. The van der Waals surface area contributed by atoms with Crippen molar-refractivity contribution in [3.8, 4) is 0 Å². The molecule has 1 unspecified atom stereocenters. The van der Waals surface area contributed by atoms with Crippen LogP contribution in [0.1, 0.15) is 16.8 Å². The second-order valence-corrected chi connectivity index (χ2v) is 7.13. The molecule has 1 aromatic carbocycles. The summed E-state index contributed by atoms with van der Waals surface area (Å²) in [4.78, 5) is 37.9. The smallest absolute Gasteiger partial charge is 0.307 e. The summed E-state index contributed by atoms with van der Waals surface area (Å²) in [5.41, 5.74) is -0.649. The fourth-order valence-corrected chi connectivity index (χ4v) is 3.80. The van der Waals surface area contributed by atoms with E-state index in [1.165, 1.54) is 16.9 Å². The molecule has 10 heteroatoms. The average molecular weight is 385 g/mol. The number of nitro groups is 1. The Bertz CT molecular complexity index is 728. The van der Waals surface area contributed by atoms with Crippen LogP contribution in [0.25, 0.3) is 0 Å². The summed E-state index contributed by atoms with van der Waals surface area (Å²) >= 11 is 1.58. The van der Waals surface area contributed by atoms with Crippen molar-refractivity contribution < 1.29 is 23.6 Å². The number of halogens is 1. The number of carbonyl (C=O) groups is 2. The van der Waals surface area contributed by atoms with Crippen LogP contribution in [0, 0.1) is 15.9 Å². The van der Waals surface area contributed by atoms with Crippen LogP contribution in [0.3, 0.4) is 0 Å². The predicted molar refractivity (Wildman–Crippen MR) is 96.2 cm³/mol. The van der Waals surface area contributed by atoms with Crippen LogP contribution in [0.4, 0.5) is 15.8 Å². The molecule has 0 radical (unpaired) electrons. The summed E-state index contributed by atoms with van der Waals surface area (Å²) in [6.45, 7) is 0.327. The highest BCUT2D eigenvalue weighted by molar-refractivity contribution is 7.99. The summed E-state index contributed by atoms with van der Waals surface area (Å²) < 4.78 is 19.2. The van der Waals surface area contributed by atoms with Gasteiger partial charge in [-0.25, -0.2) is 4.39 Å². The van der Waals surface area contributed by atoms with Gasteiger partial charge in [-0.1, -0.05) is 0 Å². The van der Waals surface area contributed by atoms with E-state index in [2.05, 4.69) is 4.74 Å². The van der Waals surface area contributed by atoms with Crippen LogP contribution in [0.2, 0.25) is 0 Å². The van der Waals surface area contributed by atoms with E-state index < -0.39 is 28.7 Å². The number of anilines is 1. The van der Waals surface area contributed by atoms with Gasteiger partial charge in [-0.3, -0.25) is 19.7 Å². The lowest BCUT2D eigenvalue weighted by Crippen LogP contribution is -2.47. The second-order valence-electron chi connectivity index (χ2n) is 5.98. The zero-order valence-corrected chi connectivity index (χ0v) is 15.5. The molecule has 1 atom stereocenters.